The average molecular weight is 393 g/mol. The van der Waals surface area contributed by atoms with E-state index in [1.54, 1.807) is 59.4 Å². The molecule has 0 saturated heterocycles. The van der Waals surface area contributed by atoms with Crippen LogP contribution in [0.4, 0.5) is 5.69 Å². The molecule has 0 radical (unpaired) electrons. The lowest BCUT2D eigenvalue weighted by molar-refractivity contribution is -0.120. The van der Waals surface area contributed by atoms with Crippen LogP contribution in [0.3, 0.4) is 0 Å². The van der Waals surface area contributed by atoms with Gasteiger partial charge < -0.3 is 5.32 Å². The van der Waals surface area contributed by atoms with Crippen LogP contribution < -0.4 is 10.0 Å². The Morgan fingerprint density at radius 1 is 1.15 bits per heavy atom. The molecule has 0 atom stereocenters. The molecule has 0 aliphatic rings. The highest BCUT2D eigenvalue weighted by Crippen LogP contribution is 2.13. The number of nitrogens with one attached hydrogen (secondary N) is 2. The van der Waals surface area contributed by atoms with Crippen molar-refractivity contribution in [3.8, 4) is 0 Å². The van der Waals surface area contributed by atoms with Crippen molar-refractivity contribution in [2.24, 2.45) is 0 Å². The van der Waals surface area contributed by atoms with Gasteiger partial charge in [-0.2, -0.15) is 5.10 Å². The number of halogens is 1. The molecule has 0 fully saturated rings. The molecule has 0 saturated carbocycles. The number of benzene rings is 1. The lowest BCUT2D eigenvalue weighted by Crippen LogP contribution is -2.32. The summed E-state index contributed by atoms with van der Waals surface area (Å²) >= 11 is 5.80. The molecule has 0 bridgehead atoms. The summed E-state index contributed by atoms with van der Waals surface area (Å²) in [5.74, 6) is -0.465. The van der Waals surface area contributed by atoms with Gasteiger partial charge in [0.25, 0.3) is 0 Å². The molecule has 26 heavy (non-hydrogen) atoms. The molecule has 3 aromatic rings. The molecule has 0 unspecified atom stereocenters. The molecule has 0 aliphatic carbocycles. The number of sulfonamides is 1. The Kier molecular flexibility index (Phi) is 5.43. The van der Waals surface area contributed by atoms with E-state index in [1.807, 2.05) is 0 Å². The molecule has 0 spiro atoms. The van der Waals surface area contributed by atoms with E-state index in [1.165, 1.54) is 0 Å². The van der Waals surface area contributed by atoms with E-state index < -0.39 is 10.0 Å². The van der Waals surface area contributed by atoms with Gasteiger partial charge in [0, 0.05) is 24.0 Å². The van der Waals surface area contributed by atoms with Gasteiger partial charge in [0.1, 0.15) is 0 Å². The maximum Gasteiger partial charge on any atom is 0.234 e. The van der Waals surface area contributed by atoms with Crippen molar-refractivity contribution in [2.75, 3.05) is 17.0 Å². The zero-order valence-electron chi connectivity index (χ0n) is 13.7. The second-order valence-electron chi connectivity index (χ2n) is 5.69. The van der Waals surface area contributed by atoms with Crippen LogP contribution in [0.1, 0.15) is 5.56 Å². The molecule has 9 heteroatoms. The standard InChI is InChI=1S/C17H17ClN4O3S/c18-14-3-1-13(2-4-14)11-17(23)19-8-10-26(24,25)21-15-6-9-22-16(12-15)5-7-20-22/h1-7,9,12,21H,8,10-11H2,(H,19,23). The van der Waals surface area contributed by atoms with E-state index >= 15 is 0 Å². The smallest absolute Gasteiger partial charge is 0.234 e. The fourth-order valence-corrected chi connectivity index (χ4v) is 3.48. The zero-order chi connectivity index (χ0) is 18.6. The Morgan fingerprint density at radius 3 is 2.69 bits per heavy atom. The number of carbonyl (C=O) groups excluding carboxylic acids is 1. The number of hydrogen-bond acceptors (Lipinski definition) is 4. The summed E-state index contributed by atoms with van der Waals surface area (Å²) in [5, 5.41) is 7.25. The molecule has 0 aliphatic heterocycles. The molecule has 7 nitrogen and oxygen atoms in total. The molecule has 136 valence electrons. The van der Waals surface area contributed by atoms with Crippen molar-refractivity contribution in [2.45, 2.75) is 6.42 Å². The van der Waals surface area contributed by atoms with E-state index in [0.29, 0.717) is 10.7 Å². The van der Waals surface area contributed by atoms with Gasteiger partial charge in [0.2, 0.25) is 15.9 Å². The van der Waals surface area contributed by atoms with Crippen LogP contribution in [0, 0.1) is 0 Å². The number of pyridine rings is 1. The van der Waals surface area contributed by atoms with Gasteiger partial charge in [-0.15, -0.1) is 0 Å². The average Bonchev–Trinajstić information content (AvgIpc) is 3.04. The van der Waals surface area contributed by atoms with Gasteiger partial charge in [0.15, 0.2) is 0 Å². The minimum atomic E-state index is -3.57. The quantitative estimate of drug-likeness (QED) is 0.644. The molecule has 2 aromatic heterocycles. The van der Waals surface area contributed by atoms with E-state index in [0.717, 1.165) is 11.1 Å². The van der Waals surface area contributed by atoms with E-state index in [2.05, 4.69) is 15.1 Å². The number of anilines is 1. The van der Waals surface area contributed by atoms with Crippen LogP contribution in [0.5, 0.6) is 0 Å². The maximum absolute atomic E-state index is 12.2. The van der Waals surface area contributed by atoms with E-state index in [4.69, 9.17) is 11.6 Å². The van der Waals surface area contributed by atoms with Crippen LogP contribution in [0.15, 0.2) is 54.9 Å². The largest absolute Gasteiger partial charge is 0.355 e. The first-order valence-electron chi connectivity index (χ1n) is 7.86. The third-order valence-electron chi connectivity index (χ3n) is 3.64. The van der Waals surface area contributed by atoms with Crippen LogP contribution in [0.2, 0.25) is 5.02 Å². The SMILES string of the molecule is O=C(Cc1ccc(Cl)cc1)NCCS(=O)(=O)Nc1ccn2nccc2c1. The summed E-state index contributed by atoms with van der Waals surface area (Å²) < 4.78 is 28.4. The summed E-state index contributed by atoms with van der Waals surface area (Å²) in [6, 6.07) is 12.0. The fraction of sp³-hybridized carbons (Fsp3) is 0.176. The monoisotopic (exact) mass is 392 g/mol. The molecule has 1 aromatic carbocycles. The molecule has 3 rings (SSSR count). The highest BCUT2D eigenvalue weighted by Gasteiger charge is 2.12. The highest BCUT2D eigenvalue weighted by molar-refractivity contribution is 7.92. The van der Waals surface area contributed by atoms with Crippen LogP contribution in [0.25, 0.3) is 5.52 Å². The summed E-state index contributed by atoms with van der Waals surface area (Å²) in [7, 11) is -3.57. The predicted molar refractivity (Wildman–Crippen MR) is 101 cm³/mol. The third kappa shape index (κ3) is 4.96. The maximum atomic E-state index is 12.2. The highest BCUT2D eigenvalue weighted by atomic mass is 35.5. The van der Waals surface area contributed by atoms with Crippen molar-refractivity contribution < 1.29 is 13.2 Å². The first-order valence-corrected chi connectivity index (χ1v) is 9.89. The number of carbonyl (C=O) groups is 1. The van der Waals surface area contributed by atoms with Crippen LogP contribution in [-0.2, 0) is 21.2 Å². The molecule has 1 amide bonds. The minimum Gasteiger partial charge on any atom is -0.355 e. The van der Waals surface area contributed by atoms with Gasteiger partial charge in [-0.25, -0.2) is 12.9 Å². The number of aromatic nitrogens is 2. The number of rotatable bonds is 7. The second kappa shape index (κ2) is 7.76. The first kappa shape index (κ1) is 18.2. The lowest BCUT2D eigenvalue weighted by atomic mass is 10.1. The minimum absolute atomic E-state index is 0.0245. The number of fused-ring (bicyclic) bond motifs is 1. The lowest BCUT2D eigenvalue weighted by Gasteiger charge is -2.09. The molecule has 2 heterocycles. The normalized spacial score (nSPS) is 11.4. The van der Waals surface area contributed by atoms with Crippen molar-refractivity contribution in [1.82, 2.24) is 14.9 Å². The van der Waals surface area contributed by atoms with Crippen LogP contribution >= 0.6 is 11.6 Å². The Labute approximate surface area is 156 Å². The number of hydrogen-bond donors (Lipinski definition) is 2. The fourth-order valence-electron chi connectivity index (χ4n) is 2.39. The molecular formula is C17H17ClN4O3S. The summed E-state index contributed by atoms with van der Waals surface area (Å²) in [5.41, 5.74) is 2.04. The Hall–Kier alpha value is -2.58. The van der Waals surface area contributed by atoms with Gasteiger partial charge in [0.05, 0.1) is 23.4 Å². The van der Waals surface area contributed by atoms with Crippen molar-refractivity contribution in [3.63, 3.8) is 0 Å². The van der Waals surface area contributed by atoms with E-state index in [-0.39, 0.29) is 24.6 Å². The summed E-state index contributed by atoms with van der Waals surface area (Å²) in [6.07, 6.45) is 3.47. The third-order valence-corrected chi connectivity index (χ3v) is 5.18. The van der Waals surface area contributed by atoms with Crippen molar-refractivity contribution >= 4 is 38.7 Å². The number of amides is 1. The number of nitrogens with zero attached hydrogens (tertiary/aromatic N) is 2. The van der Waals surface area contributed by atoms with Gasteiger partial charge in [-0.3, -0.25) is 9.52 Å². The predicted octanol–water partition coefficient (Wildman–Crippen LogP) is 2.09. The Morgan fingerprint density at radius 2 is 1.92 bits per heavy atom. The molecule has 2 N–H and O–H groups in total. The first-order chi connectivity index (χ1) is 12.4. The van der Waals surface area contributed by atoms with Gasteiger partial charge >= 0.3 is 0 Å². The Bertz CT molecular complexity index is 1020. The Balaban J connectivity index is 1.49. The topological polar surface area (TPSA) is 92.6 Å². The van der Waals surface area contributed by atoms with Gasteiger partial charge in [-0.05, 0) is 35.9 Å². The zero-order valence-corrected chi connectivity index (χ0v) is 15.3. The molecular weight excluding hydrogens is 376 g/mol. The summed E-state index contributed by atoms with van der Waals surface area (Å²) in [4.78, 5) is 11.9. The summed E-state index contributed by atoms with van der Waals surface area (Å²) in [6.45, 7) is 0.0245. The van der Waals surface area contributed by atoms with Crippen molar-refractivity contribution in [3.05, 3.63) is 65.4 Å². The van der Waals surface area contributed by atoms with Crippen molar-refractivity contribution in [1.29, 1.82) is 0 Å². The van der Waals surface area contributed by atoms with E-state index in [9.17, 15) is 13.2 Å². The van der Waals surface area contributed by atoms with Gasteiger partial charge in [-0.1, -0.05) is 23.7 Å². The second-order valence-corrected chi connectivity index (χ2v) is 7.97. The van der Waals surface area contributed by atoms with Crippen LogP contribution in [-0.4, -0.2) is 36.2 Å².